The van der Waals surface area contributed by atoms with Crippen LogP contribution >= 0.6 is 0 Å². The average Bonchev–Trinajstić information content (AvgIpc) is 2.84. The first kappa shape index (κ1) is 26.4. The van der Waals surface area contributed by atoms with E-state index in [4.69, 9.17) is 20.7 Å². The summed E-state index contributed by atoms with van der Waals surface area (Å²) in [7, 11) is 0. The first-order valence-electron chi connectivity index (χ1n) is 12.1. The maximum atomic E-state index is 12.6. The van der Waals surface area contributed by atoms with Crippen LogP contribution in [-0.4, -0.2) is 126 Å². The molecular formula is C23H29BiN3O10. The zero-order valence-corrected chi connectivity index (χ0v) is 23.7. The predicted molar refractivity (Wildman–Crippen MR) is 124 cm³/mol. The predicted octanol–water partition coefficient (Wildman–Crippen LogP) is -0.823. The van der Waals surface area contributed by atoms with E-state index in [1.807, 2.05) is 24.3 Å². The molecule has 1 radical (unpaired) electrons. The Morgan fingerprint density at radius 1 is 0.676 bits per heavy atom. The van der Waals surface area contributed by atoms with Crippen molar-refractivity contribution >= 4 is 45.9 Å². The van der Waals surface area contributed by atoms with E-state index in [0.29, 0.717) is 45.9 Å². The van der Waals surface area contributed by atoms with Crippen molar-refractivity contribution in [3.63, 3.8) is 0 Å². The molecule has 0 aromatic heterocycles. The molecule has 6 heterocycles. The first-order chi connectivity index (χ1) is 17.9. The van der Waals surface area contributed by atoms with E-state index in [-0.39, 0.29) is 32.5 Å². The zero-order chi connectivity index (χ0) is 25.8. The minimum absolute atomic E-state index is 0.222. The van der Waals surface area contributed by atoms with Gasteiger partial charge >= 0.3 is 185 Å². The number of nitrogens with zero attached hydrogens (tertiary/aromatic N) is 3. The van der Waals surface area contributed by atoms with Gasteiger partial charge in [0.25, 0.3) is 0 Å². The maximum absolute atomic E-state index is 12.6. The molecule has 13 nitrogen and oxygen atoms in total. The molecule has 37 heavy (non-hydrogen) atoms. The zero-order valence-electron chi connectivity index (χ0n) is 20.2. The third-order valence-corrected chi connectivity index (χ3v) is 12.9. The van der Waals surface area contributed by atoms with E-state index in [2.05, 4.69) is 4.90 Å². The molecule has 0 unspecified atom stereocenters. The Hall–Kier alpha value is -2.22. The number of fused-ring (bicyclic) bond motifs is 4. The van der Waals surface area contributed by atoms with Crippen LogP contribution in [0.4, 0.5) is 0 Å². The third kappa shape index (κ3) is 7.01. The van der Waals surface area contributed by atoms with Gasteiger partial charge in [0.1, 0.15) is 0 Å². The quantitative estimate of drug-likeness (QED) is 0.361. The average molecular weight is 716 g/mol. The van der Waals surface area contributed by atoms with Crippen molar-refractivity contribution in [3.8, 4) is 0 Å². The van der Waals surface area contributed by atoms with Crippen LogP contribution in [0.25, 0.3) is 0 Å². The number of hydrogen-bond acceptors (Lipinski definition) is 13. The molecule has 1 aromatic rings. The van der Waals surface area contributed by atoms with Crippen LogP contribution in [0.3, 0.4) is 0 Å². The molecule has 6 saturated heterocycles. The standard InChI is InChI=1S/C23H33N3O10.Bi/c27-19(28)13-25(14-20(29)30)8-6-24(7-9-26(15-21(31)32)16-22(33)34)12-17-2-4-18(5-3-17)23-35-10-1-11-36-23;/h2-5,23H,1,6-16H2,(H,27,28)(H,29,30)(H,31,32)(H,33,34);/q;+4/p-4. The molecule has 1 spiro atoms. The summed E-state index contributed by atoms with van der Waals surface area (Å²) < 4.78 is 32.4. The fourth-order valence-electron chi connectivity index (χ4n) is 4.44. The van der Waals surface area contributed by atoms with Gasteiger partial charge in [-0.05, 0) is 6.42 Å². The number of rotatable bonds is 3. The van der Waals surface area contributed by atoms with Gasteiger partial charge < -0.3 is 9.47 Å². The summed E-state index contributed by atoms with van der Waals surface area (Å²) in [6.45, 7) is 2.85. The van der Waals surface area contributed by atoms with Gasteiger partial charge in [-0.1, -0.05) is 0 Å². The molecule has 6 fully saturated rings. The molecule has 6 aliphatic rings. The third-order valence-electron chi connectivity index (χ3n) is 6.22. The summed E-state index contributed by atoms with van der Waals surface area (Å²) in [6, 6.07) is 7.96. The van der Waals surface area contributed by atoms with Gasteiger partial charge in [-0.3, -0.25) is 0 Å². The Bertz CT molecular complexity index is 939. The van der Waals surface area contributed by atoms with E-state index in [0.717, 1.165) is 17.5 Å². The van der Waals surface area contributed by atoms with Gasteiger partial charge in [0.15, 0.2) is 6.29 Å². The molecule has 3 bridgehead atoms. The minimum atomic E-state index is -5.61. The van der Waals surface area contributed by atoms with Crippen molar-refractivity contribution in [3.05, 3.63) is 35.4 Å². The van der Waals surface area contributed by atoms with Crippen molar-refractivity contribution in [1.29, 1.82) is 0 Å². The van der Waals surface area contributed by atoms with Gasteiger partial charge in [-0.2, -0.15) is 0 Å². The monoisotopic (exact) mass is 716 g/mol. The topological polar surface area (TPSA) is 133 Å². The van der Waals surface area contributed by atoms with Gasteiger partial charge in [0.2, 0.25) is 0 Å². The molecule has 14 heteroatoms. The molecule has 201 valence electrons. The molecule has 0 amide bonds. The molecule has 0 aliphatic carbocycles. The second kappa shape index (κ2) is 11.7. The van der Waals surface area contributed by atoms with Gasteiger partial charge in [-0.25, -0.2) is 0 Å². The summed E-state index contributed by atoms with van der Waals surface area (Å²) in [4.78, 5) is 55.7. The molecule has 6 aliphatic heterocycles. The summed E-state index contributed by atoms with van der Waals surface area (Å²) in [6.07, 6.45) is 0.519. The molecule has 0 saturated carbocycles. The molecule has 7 rings (SSSR count). The SMILES string of the molecule is O=C1CN2CCN(Cc3ccc(C4OCCCO4)cc3)CCN3CC(=O)[O][Bi]([O]1)([O]C(=O)C2)[O]C(=O)C3. The Balaban J connectivity index is 1.34. The van der Waals surface area contributed by atoms with Crippen LogP contribution in [0.2, 0.25) is 0 Å². The second-order valence-corrected chi connectivity index (χ2v) is 15.5. The Labute approximate surface area is 220 Å². The number of carbonyl (C=O) groups is 4. The number of ether oxygens (including phenoxy) is 2. The van der Waals surface area contributed by atoms with E-state index < -0.39 is 45.9 Å². The Kier molecular flexibility index (Phi) is 8.32. The molecule has 0 atom stereocenters. The van der Waals surface area contributed by atoms with E-state index >= 15 is 0 Å². The van der Waals surface area contributed by atoms with Crippen molar-refractivity contribution < 1.29 is 39.9 Å². The van der Waals surface area contributed by atoms with Crippen LogP contribution in [0, 0.1) is 0 Å². The van der Waals surface area contributed by atoms with Crippen molar-refractivity contribution in [2.24, 2.45) is 0 Å². The molecule has 0 N–H and O–H groups in total. The number of hydrogen-bond donors (Lipinski definition) is 0. The van der Waals surface area contributed by atoms with E-state index in [9.17, 15) is 19.2 Å². The summed E-state index contributed by atoms with van der Waals surface area (Å²) in [5.41, 5.74) is 1.99. The van der Waals surface area contributed by atoms with Crippen LogP contribution in [0.5, 0.6) is 0 Å². The number of benzene rings is 1. The van der Waals surface area contributed by atoms with Crippen LogP contribution in [-0.2, 0) is 46.4 Å². The van der Waals surface area contributed by atoms with E-state index in [1.165, 1.54) is 0 Å². The summed E-state index contributed by atoms with van der Waals surface area (Å²) >= 11 is -5.61. The van der Waals surface area contributed by atoms with Crippen molar-refractivity contribution in [2.45, 2.75) is 19.3 Å². The van der Waals surface area contributed by atoms with Gasteiger partial charge in [0.05, 0.1) is 13.2 Å². The van der Waals surface area contributed by atoms with Crippen molar-refractivity contribution in [1.82, 2.24) is 14.7 Å². The van der Waals surface area contributed by atoms with E-state index in [1.54, 1.807) is 9.80 Å². The summed E-state index contributed by atoms with van der Waals surface area (Å²) in [5, 5.41) is 0. The van der Waals surface area contributed by atoms with Crippen molar-refractivity contribution in [2.75, 3.05) is 65.6 Å². The van der Waals surface area contributed by atoms with Crippen LogP contribution in [0.15, 0.2) is 24.3 Å². The van der Waals surface area contributed by atoms with Crippen LogP contribution in [0.1, 0.15) is 23.8 Å². The second-order valence-electron chi connectivity index (χ2n) is 9.17. The number of carbonyl (C=O) groups excluding carboxylic acids is 4. The Morgan fingerprint density at radius 2 is 1.14 bits per heavy atom. The summed E-state index contributed by atoms with van der Waals surface area (Å²) in [5.74, 6) is -3.07. The molecular weight excluding hydrogens is 687 g/mol. The Morgan fingerprint density at radius 3 is 1.59 bits per heavy atom. The fourth-order valence-corrected chi connectivity index (χ4v) is 10.1. The van der Waals surface area contributed by atoms with Crippen LogP contribution < -0.4 is 0 Å². The van der Waals surface area contributed by atoms with Gasteiger partial charge in [0, 0.05) is 0 Å². The first-order valence-corrected chi connectivity index (χ1v) is 17.8. The normalized spacial score (nSPS) is 30.4. The fraction of sp³-hybridized carbons (Fsp3) is 0.565. The van der Waals surface area contributed by atoms with Gasteiger partial charge in [-0.15, -0.1) is 0 Å². The molecule has 1 aromatic carbocycles.